The molecule has 1 aliphatic carbocycles. The molecule has 2 fully saturated rings. The summed E-state index contributed by atoms with van der Waals surface area (Å²) in [5.41, 5.74) is 0.421. The molecular weight excluding hydrogens is 238 g/mol. The van der Waals surface area contributed by atoms with Crippen LogP contribution >= 0.6 is 0 Å². The van der Waals surface area contributed by atoms with Crippen LogP contribution in [-0.2, 0) is 9.47 Å². The van der Waals surface area contributed by atoms with Gasteiger partial charge >= 0.3 is 0 Å². The highest BCUT2D eigenvalue weighted by atomic mass is 16.5. The van der Waals surface area contributed by atoms with Gasteiger partial charge in [-0.05, 0) is 50.5 Å². The quantitative estimate of drug-likeness (QED) is 0.832. The fourth-order valence-electron chi connectivity index (χ4n) is 3.36. The lowest BCUT2D eigenvalue weighted by Gasteiger charge is -2.41. The molecule has 0 aromatic rings. The number of rotatable bonds is 5. The van der Waals surface area contributed by atoms with Crippen LogP contribution < -0.4 is 5.32 Å². The Kier molecular flexibility index (Phi) is 5.67. The minimum atomic E-state index is 0.334. The van der Waals surface area contributed by atoms with Crippen LogP contribution in [0, 0.1) is 5.41 Å². The summed E-state index contributed by atoms with van der Waals surface area (Å²) in [5.74, 6) is 0. The van der Waals surface area contributed by atoms with E-state index >= 15 is 0 Å². The first-order valence-corrected chi connectivity index (χ1v) is 8.07. The Morgan fingerprint density at radius 1 is 1.26 bits per heavy atom. The first kappa shape index (κ1) is 15.3. The average Bonchev–Trinajstić information content (AvgIpc) is 2.40. The van der Waals surface area contributed by atoms with Crippen LogP contribution in [0.5, 0.6) is 0 Å². The van der Waals surface area contributed by atoms with Crippen molar-refractivity contribution in [1.29, 1.82) is 0 Å². The zero-order valence-electron chi connectivity index (χ0n) is 12.9. The third-order valence-corrected chi connectivity index (χ3v) is 4.57. The molecule has 0 amide bonds. The second-order valence-electron chi connectivity index (χ2n) is 6.93. The first-order chi connectivity index (χ1) is 9.11. The van der Waals surface area contributed by atoms with Gasteiger partial charge in [-0.3, -0.25) is 0 Å². The molecule has 0 radical (unpaired) electrons. The van der Waals surface area contributed by atoms with Crippen LogP contribution in [0.3, 0.4) is 0 Å². The summed E-state index contributed by atoms with van der Waals surface area (Å²) >= 11 is 0. The lowest BCUT2D eigenvalue weighted by molar-refractivity contribution is -0.0899. The van der Waals surface area contributed by atoms with Gasteiger partial charge in [0.15, 0.2) is 0 Å². The molecule has 1 N–H and O–H groups in total. The minimum Gasteiger partial charge on any atom is -0.376 e. The van der Waals surface area contributed by atoms with Crippen molar-refractivity contribution < 1.29 is 9.47 Å². The van der Waals surface area contributed by atoms with E-state index in [-0.39, 0.29) is 0 Å². The Labute approximate surface area is 118 Å². The van der Waals surface area contributed by atoms with Crippen LogP contribution in [0.15, 0.2) is 0 Å². The molecule has 3 atom stereocenters. The second kappa shape index (κ2) is 7.05. The van der Waals surface area contributed by atoms with Crippen molar-refractivity contribution in [3.8, 4) is 0 Å². The van der Waals surface area contributed by atoms with E-state index in [4.69, 9.17) is 9.47 Å². The third-order valence-electron chi connectivity index (χ3n) is 4.57. The van der Waals surface area contributed by atoms with Gasteiger partial charge in [0.25, 0.3) is 0 Å². The average molecular weight is 269 g/mol. The molecule has 19 heavy (non-hydrogen) atoms. The van der Waals surface area contributed by atoms with Gasteiger partial charge < -0.3 is 14.8 Å². The summed E-state index contributed by atoms with van der Waals surface area (Å²) in [5, 5.41) is 3.59. The van der Waals surface area contributed by atoms with Gasteiger partial charge in [0.2, 0.25) is 0 Å². The molecule has 1 aliphatic heterocycles. The zero-order valence-corrected chi connectivity index (χ0v) is 12.9. The Morgan fingerprint density at radius 2 is 2.11 bits per heavy atom. The highest BCUT2D eigenvalue weighted by Crippen LogP contribution is 2.36. The molecule has 2 rings (SSSR count). The van der Waals surface area contributed by atoms with E-state index in [1.807, 2.05) is 0 Å². The Morgan fingerprint density at radius 3 is 2.79 bits per heavy atom. The van der Waals surface area contributed by atoms with Crippen LogP contribution in [0.1, 0.15) is 59.3 Å². The van der Waals surface area contributed by atoms with E-state index in [2.05, 4.69) is 26.1 Å². The van der Waals surface area contributed by atoms with E-state index in [0.717, 1.165) is 26.2 Å². The first-order valence-electron chi connectivity index (χ1n) is 8.07. The fourth-order valence-corrected chi connectivity index (χ4v) is 3.36. The number of hydrogen-bond donors (Lipinski definition) is 1. The molecule has 2 aliphatic rings. The number of nitrogens with one attached hydrogen (secondary N) is 1. The Hall–Kier alpha value is -0.120. The largest absolute Gasteiger partial charge is 0.376 e. The standard InChI is InChI=1S/C16H31NO2/c1-4-17-14-8-9-16(2,3)11-15(14)19-12-13-7-5-6-10-18-13/h13-15,17H,4-12H2,1-3H3. The highest BCUT2D eigenvalue weighted by Gasteiger charge is 2.35. The van der Waals surface area contributed by atoms with Crippen molar-refractivity contribution >= 4 is 0 Å². The smallest absolute Gasteiger partial charge is 0.0808 e. The predicted octanol–water partition coefficient (Wildman–Crippen LogP) is 3.13. The maximum Gasteiger partial charge on any atom is 0.0808 e. The van der Waals surface area contributed by atoms with Gasteiger partial charge in [-0.15, -0.1) is 0 Å². The number of hydrogen-bond acceptors (Lipinski definition) is 3. The lowest BCUT2D eigenvalue weighted by atomic mass is 9.74. The van der Waals surface area contributed by atoms with Crippen LogP contribution in [0.25, 0.3) is 0 Å². The van der Waals surface area contributed by atoms with Gasteiger partial charge in [-0.25, -0.2) is 0 Å². The normalized spacial score (nSPS) is 35.2. The minimum absolute atomic E-state index is 0.334. The summed E-state index contributed by atoms with van der Waals surface area (Å²) in [6, 6.07) is 0.529. The summed E-state index contributed by atoms with van der Waals surface area (Å²) in [4.78, 5) is 0. The zero-order chi connectivity index (χ0) is 13.7. The predicted molar refractivity (Wildman–Crippen MR) is 78.4 cm³/mol. The summed E-state index contributed by atoms with van der Waals surface area (Å²) < 4.78 is 12.0. The van der Waals surface area contributed by atoms with E-state index in [9.17, 15) is 0 Å². The van der Waals surface area contributed by atoms with Gasteiger partial charge in [-0.1, -0.05) is 20.8 Å². The Balaban J connectivity index is 1.82. The van der Waals surface area contributed by atoms with Gasteiger partial charge in [0.1, 0.15) is 0 Å². The van der Waals surface area contributed by atoms with Crippen molar-refractivity contribution in [2.45, 2.75) is 77.5 Å². The van der Waals surface area contributed by atoms with E-state index in [0.29, 0.717) is 23.7 Å². The van der Waals surface area contributed by atoms with Crippen molar-refractivity contribution in [2.24, 2.45) is 5.41 Å². The SMILES string of the molecule is CCNC1CCC(C)(C)CC1OCC1CCCCO1. The van der Waals surface area contributed by atoms with Crippen LogP contribution in [0.4, 0.5) is 0 Å². The molecule has 112 valence electrons. The van der Waals surface area contributed by atoms with Crippen LogP contribution in [-0.4, -0.2) is 38.0 Å². The van der Waals surface area contributed by atoms with E-state index in [1.54, 1.807) is 0 Å². The molecule has 1 heterocycles. The van der Waals surface area contributed by atoms with Crippen molar-refractivity contribution in [2.75, 3.05) is 19.8 Å². The highest BCUT2D eigenvalue weighted by molar-refractivity contribution is 4.89. The maximum atomic E-state index is 6.24. The number of ether oxygens (including phenoxy) is 2. The third kappa shape index (κ3) is 4.73. The van der Waals surface area contributed by atoms with Crippen molar-refractivity contribution in [1.82, 2.24) is 5.32 Å². The van der Waals surface area contributed by atoms with E-state index < -0.39 is 0 Å². The van der Waals surface area contributed by atoms with Gasteiger partial charge in [0.05, 0.1) is 18.8 Å². The Bertz CT molecular complexity index is 261. The van der Waals surface area contributed by atoms with Crippen molar-refractivity contribution in [3.05, 3.63) is 0 Å². The molecule has 3 heteroatoms. The molecule has 0 bridgehead atoms. The molecular formula is C16H31NO2. The molecule has 3 nitrogen and oxygen atoms in total. The summed E-state index contributed by atoms with van der Waals surface area (Å²) in [7, 11) is 0. The number of likely N-dealkylation sites (N-methyl/N-ethyl adjacent to an activating group) is 1. The monoisotopic (exact) mass is 269 g/mol. The molecule has 0 aromatic heterocycles. The topological polar surface area (TPSA) is 30.5 Å². The van der Waals surface area contributed by atoms with Crippen molar-refractivity contribution in [3.63, 3.8) is 0 Å². The fraction of sp³-hybridized carbons (Fsp3) is 1.00. The van der Waals surface area contributed by atoms with Crippen LogP contribution in [0.2, 0.25) is 0 Å². The maximum absolute atomic E-state index is 6.24. The van der Waals surface area contributed by atoms with E-state index in [1.165, 1.54) is 32.1 Å². The molecule has 1 saturated heterocycles. The van der Waals surface area contributed by atoms with Gasteiger partial charge in [-0.2, -0.15) is 0 Å². The molecule has 0 aromatic carbocycles. The summed E-state index contributed by atoms with van der Waals surface area (Å²) in [6.45, 7) is 9.64. The molecule has 1 saturated carbocycles. The molecule has 3 unspecified atom stereocenters. The molecule has 0 spiro atoms. The van der Waals surface area contributed by atoms with Gasteiger partial charge in [0, 0.05) is 12.6 Å². The summed E-state index contributed by atoms with van der Waals surface area (Å²) in [6.07, 6.45) is 8.06. The lowest BCUT2D eigenvalue weighted by Crippen LogP contribution is -2.48. The second-order valence-corrected chi connectivity index (χ2v) is 6.93.